The third-order valence-electron chi connectivity index (χ3n) is 3.23. The fourth-order valence-electron chi connectivity index (χ4n) is 2.25. The quantitative estimate of drug-likeness (QED) is 0.914. The molecule has 2 N–H and O–H groups in total. The van der Waals surface area contributed by atoms with E-state index in [2.05, 4.69) is 5.10 Å². The zero-order valence-electron chi connectivity index (χ0n) is 12.0. The van der Waals surface area contributed by atoms with Crippen molar-refractivity contribution in [3.8, 4) is 5.75 Å². The molecule has 0 aliphatic heterocycles. The molecule has 5 heteroatoms. The summed E-state index contributed by atoms with van der Waals surface area (Å²) >= 11 is 0. The third-order valence-corrected chi connectivity index (χ3v) is 3.23. The summed E-state index contributed by atoms with van der Waals surface area (Å²) in [6.45, 7) is 4.08. The van der Waals surface area contributed by atoms with Gasteiger partial charge >= 0.3 is 0 Å². The molecule has 108 valence electrons. The molecule has 0 spiro atoms. The maximum absolute atomic E-state index is 12.9. The zero-order chi connectivity index (χ0) is 14.7. The molecule has 0 bridgehead atoms. The Labute approximate surface area is 118 Å². The van der Waals surface area contributed by atoms with Gasteiger partial charge in [-0.3, -0.25) is 4.68 Å². The van der Waals surface area contributed by atoms with Crippen LogP contribution in [0.15, 0.2) is 30.5 Å². The topological polar surface area (TPSA) is 53.1 Å². The first-order chi connectivity index (χ1) is 9.52. The lowest BCUT2D eigenvalue weighted by molar-refractivity contribution is 0.396. The highest BCUT2D eigenvalue weighted by Gasteiger charge is 2.20. The Morgan fingerprint density at radius 1 is 1.30 bits per heavy atom. The van der Waals surface area contributed by atoms with E-state index >= 15 is 0 Å². The molecule has 0 fully saturated rings. The Balaban J connectivity index is 2.26. The molecule has 0 saturated carbocycles. The van der Waals surface area contributed by atoms with Gasteiger partial charge in [0.2, 0.25) is 0 Å². The second kappa shape index (κ2) is 6.05. The second-order valence-electron chi connectivity index (χ2n) is 5.07. The van der Waals surface area contributed by atoms with Crippen molar-refractivity contribution in [2.45, 2.75) is 32.4 Å². The lowest BCUT2D eigenvalue weighted by atomic mass is 10.0. The van der Waals surface area contributed by atoms with Gasteiger partial charge in [-0.15, -0.1) is 0 Å². The van der Waals surface area contributed by atoms with E-state index < -0.39 is 0 Å². The van der Waals surface area contributed by atoms with Crippen LogP contribution in [0.3, 0.4) is 0 Å². The average molecular weight is 277 g/mol. The largest absolute Gasteiger partial charge is 0.493 e. The predicted molar refractivity (Wildman–Crippen MR) is 76.2 cm³/mol. The fraction of sp³-hybridized carbons (Fsp3) is 0.400. The molecule has 0 radical (unpaired) electrons. The van der Waals surface area contributed by atoms with Gasteiger partial charge in [-0.05, 0) is 38.0 Å². The molecule has 0 saturated heterocycles. The van der Waals surface area contributed by atoms with Crippen molar-refractivity contribution in [3.63, 3.8) is 0 Å². The predicted octanol–water partition coefficient (Wildman–Crippen LogP) is 2.85. The van der Waals surface area contributed by atoms with Crippen LogP contribution in [0.5, 0.6) is 5.75 Å². The van der Waals surface area contributed by atoms with Crippen molar-refractivity contribution in [2.75, 3.05) is 7.11 Å². The van der Waals surface area contributed by atoms with Gasteiger partial charge in [0.05, 0.1) is 25.0 Å². The highest BCUT2D eigenvalue weighted by Crippen LogP contribution is 2.28. The third kappa shape index (κ3) is 2.99. The maximum atomic E-state index is 12.9. The first-order valence-electron chi connectivity index (χ1n) is 6.64. The lowest BCUT2D eigenvalue weighted by Crippen LogP contribution is -2.20. The summed E-state index contributed by atoms with van der Waals surface area (Å²) in [6.07, 6.45) is 2.29. The van der Waals surface area contributed by atoms with E-state index in [0.717, 1.165) is 11.3 Å². The van der Waals surface area contributed by atoms with Crippen molar-refractivity contribution < 1.29 is 9.13 Å². The first kappa shape index (κ1) is 14.5. The molecule has 1 aromatic carbocycles. The van der Waals surface area contributed by atoms with E-state index in [4.69, 9.17) is 10.5 Å². The molecule has 4 nitrogen and oxygen atoms in total. The Morgan fingerprint density at radius 2 is 1.95 bits per heavy atom. The van der Waals surface area contributed by atoms with Crippen LogP contribution in [-0.2, 0) is 6.42 Å². The minimum Gasteiger partial charge on any atom is -0.493 e. The Morgan fingerprint density at radius 3 is 2.50 bits per heavy atom. The number of ether oxygens (including phenoxy) is 1. The number of nitrogens with zero attached hydrogens (tertiary/aromatic N) is 2. The molecule has 0 amide bonds. The Bertz CT molecular complexity index is 563. The number of nitrogens with two attached hydrogens (primary N) is 1. The maximum Gasteiger partial charge on any atom is 0.161 e. The van der Waals surface area contributed by atoms with Crippen molar-refractivity contribution in [3.05, 3.63) is 47.5 Å². The van der Waals surface area contributed by atoms with Gasteiger partial charge in [0.1, 0.15) is 5.82 Å². The Kier molecular flexibility index (Phi) is 4.39. The van der Waals surface area contributed by atoms with E-state index in [1.807, 2.05) is 18.5 Å². The summed E-state index contributed by atoms with van der Waals surface area (Å²) in [5, 5.41) is 4.31. The van der Waals surface area contributed by atoms with Gasteiger partial charge in [-0.2, -0.15) is 5.10 Å². The van der Waals surface area contributed by atoms with Crippen LogP contribution >= 0.6 is 0 Å². The summed E-state index contributed by atoms with van der Waals surface area (Å²) in [5.74, 6) is 0.445. The summed E-state index contributed by atoms with van der Waals surface area (Å²) in [5.41, 5.74) is 8.14. The van der Waals surface area contributed by atoms with E-state index in [0.29, 0.717) is 12.2 Å². The van der Waals surface area contributed by atoms with Gasteiger partial charge in [0.25, 0.3) is 0 Å². The van der Waals surface area contributed by atoms with Gasteiger partial charge in [0.15, 0.2) is 5.75 Å². The van der Waals surface area contributed by atoms with Crippen molar-refractivity contribution in [2.24, 2.45) is 5.73 Å². The minimum atomic E-state index is -0.250. The average Bonchev–Trinajstić information content (AvgIpc) is 2.85. The summed E-state index contributed by atoms with van der Waals surface area (Å²) in [4.78, 5) is 0. The van der Waals surface area contributed by atoms with Gasteiger partial charge < -0.3 is 10.5 Å². The number of benzene rings is 1. The number of methoxy groups -OCH3 is 1. The summed E-state index contributed by atoms with van der Waals surface area (Å²) < 4.78 is 20.1. The van der Waals surface area contributed by atoms with Gasteiger partial charge in [-0.1, -0.05) is 12.1 Å². The molecule has 1 aromatic heterocycles. The van der Waals surface area contributed by atoms with Crippen molar-refractivity contribution >= 4 is 0 Å². The molecular weight excluding hydrogens is 257 g/mol. The van der Waals surface area contributed by atoms with Crippen LogP contribution in [0, 0.1) is 5.82 Å². The number of rotatable bonds is 5. The van der Waals surface area contributed by atoms with Crippen LogP contribution < -0.4 is 10.5 Å². The number of hydrogen-bond acceptors (Lipinski definition) is 3. The molecular formula is C15H20FN3O. The van der Waals surface area contributed by atoms with Gasteiger partial charge in [0, 0.05) is 6.04 Å². The van der Waals surface area contributed by atoms with Crippen LogP contribution in [0.1, 0.15) is 37.2 Å². The normalized spacial score (nSPS) is 12.7. The Hall–Kier alpha value is -1.88. The molecule has 1 heterocycles. The van der Waals surface area contributed by atoms with Crippen LogP contribution in [0.2, 0.25) is 0 Å². The molecule has 1 unspecified atom stereocenters. The van der Waals surface area contributed by atoms with E-state index in [-0.39, 0.29) is 17.9 Å². The molecule has 1 atom stereocenters. The number of hydrogen-bond donors (Lipinski definition) is 1. The lowest BCUT2D eigenvalue weighted by Gasteiger charge is -2.18. The summed E-state index contributed by atoms with van der Waals surface area (Å²) in [6, 6.07) is 6.33. The second-order valence-corrected chi connectivity index (χ2v) is 5.07. The fourth-order valence-corrected chi connectivity index (χ4v) is 2.25. The molecule has 20 heavy (non-hydrogen) atoms. The molecule has 2 rings (SSSR count). The standard InChI is InChI=1S/C15H20FN3O/c1-10(2)19-15(14(20-3)9-18-19)13(17)8-11-4-6-12(16)7-5-11/h4-7,9-10,13H,8,17H2,1-3H3. The van der Waals surface area contributed by atoms with E-state index in [9.17, 15) is 4.39 Å². The first-order valence-corrected chi connectivity index (χ1v) is 6.64. The van der Waals surface area contributed by atoms with Crippen molar-refractivity contribution in [1.82, 2.24) is 9.78 Å². The zero-order valence-corrected chi connectivity index (χ0v) is 12.0. The smallest absolute Gasteiger partial charge is 0.161 e. The summed E-state index contributed by atoms with van der Waals surface area (Å²) in [7, 11) is 1.61. The van der Waals surface area contributed by atoms with Crippen LogP contribution in [0.4, 0.5) is 4.39 Å². The molecule has 0 aliphatic carbocycles. The van der Waals surface area contributed by atoms with Crippen LogP contribution in [0.25, 0.3) is 0 Å². The number of aromatic nitrogens is 2. The molecule has 0 aliphatic rings. The van der Waals surface area contributed by atoms with E-state index in [1.54, 1.807) is 25.4 Å². The van der Waals surface area contributed by atoms with E-state index in [1.165, 1.54) is 12.1 Å². The highest BCUT2D eigenvalue weighted by atomic mass is 19.1. The minimum absolute atomic E-state index is 0.202. The molecule has 2 aromatic rings. The van der Waals surface area contributed by atoms with Gasteiger partial charge in [-0.25, -0.2) is 4.39 Å². The highest BCUT2D eigenvalue weighted by molar-refractivity contribution is 5.30. The van der Waals surface area contributed by atoms with Crippen LogP contribution in [-0.4, -0.2) is 16.9 Å². The SMILES string of the molecule is COc1cnn(C(C)C)c1C(N)Cc1ccc(F)cc1. The monoisotopic (exact) mass is 277 g/mol. The number of halogens is 1. The van der Waals surface area contributed by atoms with Crippen molar-refractivity contribution in [1.29, 1.82) is 0 Å².